The largest absolute Gasteiger partial charge is 0.326 e. The van der Waals surface area contributed by atoms with Crippen LogP contribution in [0.25, 0.3) is 0 Å². The molecule has 1 heterocycles. The van der Waals surface area contributed by atoms with Gasteiger partial charge in [0.05, 0.1) is 21.0 Å². The van der Waals surface area contributed by atoms with Crippen LogP contribution < -0.4 is 21.6 Å². The molecule has 0 radical (unpaired) electrons. The molecule has 0 saturated carbocycles. The molecule has 0 fully saturated rings. The first-order chi connectivity index (χ1) is 25.1. The van der Waals surface area contributed by atoms with Gasteiger partial charge in [-0.05, 0) is 33.1 Å². The highest BCUT2D eigenvalue weighted by molar-refractivity contribution is 6.95. The van der Waals surface area contributed by atoms with Crippen LogP contribution in [-0.2, 0) is 16.0 Å². The number of benzene rings is 6. The van der Waals surface area contributed by atoms with Gasteiger partial charge in [0.15, 0.2) is 0 Å². The predicted molar refractivity (Wildman–Crippen MR) is 227 cm³/mol. The third-order valence-corrected chi connectivity index (χ3v) is 12.7. The highest BCUT2D eigenvalue weighted by atomic mass is 28.2. The molecule has 6 aromatic carbocycles. The minimum Gasteiger partial charge on any atom is -0.326 e. The Hall–Kier alpha value is -5.19. The zero-order valence-electron chi connectivity index (χ0n) is 31.6. The number of aromatic nitrogens is 2. The van der Waals surface area contributed by atoms with Crippen molar-refractivity contribution in [1.82, 2.24) is 9.55 Å². The summed E-state index contributed by atoms with van der Waals surface area (Å²) < 4.78 is 2.34. The highest BCUT2D eigenvalue weighted by Gasteiger charge is 2.37. The molecule has 0 aliphatic rings. The smallest absolute Gasteiger partial charge is 0.241 e. The molecule has 0 amide bonds. The van der Waals surface area contributed by atoms with E-state index in [1.54, 1.807) is 0 Å². The van der Waals surface area contributed by atoms with E-state index in [1.807, 2.05) is 12.5 Å². The maximum atomic E-state index is 4.48. The monoisotopic (exact) mass is 694 g/mol. The number of nitrogens with zero attached hydrogens (tertiary/aromatic N) is 2. The van der Waals surface area contributed by atoms with Gasteiger partial charge in [-0.15, -0.1) is 0 Å². The number of imidazole rings is 1. The van der Waals surface area contributed by atoms with E-state index in [0.717, 1.165) is 0 Å². The fourth-order valence-electron chi connectivity index (χ4n) is 7.14. The second-order valence-electron chi connectivity index (χ2n) is 15.8. The summed E-state index contributed by atoms with van der Waals surface area (Å²) in [5, 5.41) is 1.18. The van der Waals surface area contributed by atoms with E-state index >= 15 is 0 Å². The van der Waals surface area contributed by atoms with Crippen molar-refractivity contribution in [3.8, 4) is 0 Å². The molecule has 2 nitrogen and oxygen atoms in total. The maximum Gasteiger partial charge on any atom is 0.241 e. The molecular weight excluding hydrogens is 643 g/mol. The van der Waals surface area contributed by atoms with Gasteiger partial charge in [-0.1, -0.05) is 233 Å². The third-order valence-electron chi connectivity index (χ3n) is 10.1. The summed E-state index contributed by atoms with van der Waals surface area (Å²) in [6, 6.07) is 61.6. The molecule has 7 aromatic rings. The van der Waals surface area contributed by atoms with E-state index in [0.29, 0.717) is 6.71 Å². The topological polar surface area (TPSA) is 17.8 Å². The minimum absolute atomic E-state index is 0.126. The van der Waals surface area contributed by atoms with Gasteiger partial charge in [0.1, 0.15) is 0 Å². The fourth-order valence-corrected chi connectivity index (χ4v) is 9.49. The number of rotatable bonds is 8. The Morgan fingerprint density at radius 3 is 1.12 bits per heavy atom. The van der Waals surface area contributed by atoms with Crippen molar-refractivity contribution in [2.75, 3.05) is 0 Å². The van der Waals surface area contributed by atoms with Crippen LogP contribution in [0.4, 0.5) is 0 Å². The van der Waals surface area contributed by atoms with Crippen molar-refractivity contribution in [2.45, 2.75) is 57.5 Å². The Morgan fingerprint density at radius 1 is 0.442 bits per heavy atom. The molecule has 7 rings (SSSR count). The highest BCUT2D eigenvalue weighted by Crippen LogP contribution is 2.36. The molecule has 0 N–H and O–H groups in total. The first-order valence-corrected chi connectivity index (χ1v) is 19.9. The predicted octanol–water partition coefficient (Wildman–Crippen LogP) is 7.92. The van der Waals surface area contributed by atoms with Crippen LogP contribution in [0.2, 0.25) is 0 Å². The van der Waals surface area contributed by atoms with E-state index in [-0.39, 0.29) is 16.0 Å². The fraction of sp³-hybridized carbons (Fsp3) is 0.188. The standard InChI is InChI=1S/C30H36N2Si.C18H15B/c1-28(2,3)23-12-16-25(17-13-23)30(32-21-20-31-22-32,33-27-10-8-7-9-11-27)26-18-14-24(15-19-26)29(4,5)6;1-4-10-16(11-5-1)19(17-12-6-2-7-13-17)18-14-8-3-9-15-18/h7-22H,33H2,1-6H3;1-15H. The van der Waals surface area contributed by atoms with Crippen molar-refractivity contribution in [3.63, 3.8) is 0 Å². The molecule has 0 aliphatic carbocycles. The Labute approximate surface area is 314 Å². The average Bonchev–Trinajstić information content (AvgIpc) is 3.71. The summed E-state index contributed by atoms with van der Waals surface area (Å²) in [4.78, 5) is 4.48. The molecule has 260 valence electrons. The van der Waals surface area contributed by atoms with Gasteiger partial charge in [0.2, 0.25) is 6.71 Å². The third kappa shape index (κ3) is 8.46. The lowest BCUT2D eigenvalue weighted by molar-refractivity contribution is 0.576. The van der Waals surface area contributed by atoms with Crippen molar-refractivity contribution in [1.29, 1.82) is 0 Å². The summed E-state index contributed by atoms with van der Waals surface area (Å²) in [7, 11) is -0.840. The van der Waals surface area contributed by atoms with Gasteiger partial charge in [0, 0.05) is 12.4 Å². The van der Waals surface area contributed by atoms with Crippen LogP contribution >= 0.6 is 0 Å². The molecule has 0 spiro atoms. The van der Waals surface area contributed by atoms with Gasteiger partial charge in [-0.2, -0.15) is 0 Å². The Kier molecular flexibility index (Phi) is 11.3. The van der Waals surface area contributed by atoms with E-state index < -0.39 is 9.52 Å². The van der Waals surface area contributed by atoms with Gasteiger partial charge in [0.25, 0.3) is 0 Å². The number of hydrogen-bond acceptors (Lipinski definition) is 1. The molecule has 0 bridgehead atoms. The van der Waals surface area contributed by atoms with Crippen LogP contribution in [-0.4, -0.2) is 25.8 Å². The minimum atomic E-state index is -0.840. The van der Waals surface area contributed by atoms with Gasteiger partial charge >= 0.3 is 0 Å². The molecule has 4 heteroatoms. The molecule has 1 aromatic heterocycles. The Morgan fingerprint density at radius 2 is 0.788 bits per heavy atom. The maximum absolute atomic E-state index is 4.48. The zero-order valence-corrected chi connectivity index (χ0v) is 33.0. The summed E-state index contributed by atoms with van der Waals surface area (Å²) in [6.07, 6.45) is 6.03. The quantitative estimate of drug-likeness (QED) is 0.148. The van der Waals surface area contributed by atoms with Crippen molar-refractivity contribution in [3.05, 3.63) is 211 Å². The van der Waals surface area contributed by atoms with Crippen LogP contribution in [0.5, 0.6) is 0 Å². The Bertz CT molecular complexity index is 1930. The SMILES string of the molecule is CC(C)(C)c1ccc(C([SiH2]c2ccccc2)(c2ccc(C(C)(C)C)cc2)n2ccnc2)cc1.c1ccc(B(c2ccccc2)c2ccccc2)cc1. The van der Waals surface area contributed by atoms with Crippen LogP contribution in [0.15, 0.2) is 189 Å². The van der Waals surface area contributed by atoms with Gasteiger partial charge in [-0.25, -0.2) is 4.98 Å². The second-order valence-corrected chi connectivity index (χ2v) is 18.0. The summed E-state index contributed by atoms with van der Waals surface area (Å²) in [5.74, 6) is 0. The summed E-state index contributed by atoms with van der Waals surface area (Å²) >= 11 is 0. The molecule has 0 saturated heterocycles. The first-order valence-electron chi connectivity index (χ1n) is 18.4. The van der Waals surface area contributed by atoms with E-state index in [4.69, 9.17) is 0 Å². The molecule has 0 unspecified atom stereocenters. The first kappa shape index (κ1) is 36.6. The van der Waals surface area contributed by atoms with E-state index in [1.165, 1.54) is 43.8 Å². The Balaban J connectivity index is 0.000000206. The van der Waals surface area contributed by atoms with Crippen LogP contribution in [0.1, 0.15) is 63.8 Å². The lowest BCUT2D eigenvalue weighted by atomic mass is 9.37. The molecule has 0 atom stereocenters. The van der Waals surface area contributed by atoms with E-state index in [2.05, 4.69) is 227 Å². The van der Waals surface area contributed by atoms with Crippen molar-refractivity contribution in [2.24, 2.45) is 0 Å². The van der Waals surface area contributed by atoms with Gasteiger partial charge < -0.3 is 4.57 Å². The van der Waals surface area contributed by atoms with Crippen molar-refractivity contribution < 1.29 is 0 Å². The lowest BCUT2D eigenvalue weighted by Gasteiger charge is -2.37. The van der Waals surface area contributed by atoms with Crippen molar-refractivity contribution >= 4 is 37.8 Å². The zero-order chi connectivity index (χ0) is 36.6. The number of hydrogen-bond donors (Lipinski definition) is 0. The summed E-state index contributed by atoms with van der Waals surface area (Å²) in [5.41, 5.74) is 9.62. The molecular formula is C48H51BN2Si. The molecule has 52 heavy (non-hydrogen) atoms. The summed E-state index contributed by atoms with van der Waals surface area (Å²) in [6.45, 7) is 13.9. The van der Waals surface area contributed by atoms with Gasteiger partial charge in [-0.3, -0.25) is 0 Å². The second kappa shape index (κ2) is 16.0. The normalized spacial score (nSPS) is 12.0. The lowest BCUT2D eigenvalue weighted by Crippen LogP contribution is -2.51. The van der Waals surface area contributed by atoms with E-state index in [9.17, 15) is 0 Å². The average molecular weight is 695 g/mol. The van der Waals surface area contributed by atoms with Crippen LogP contribution in [0, 0.1) is 0 Å². The molecule has 0 aliphatic heterocycles. The van der Waals surface area contributed by atoms with Crippen LogP contribution in [0.3, 0.4) is 0 Å².